The summed E-state index contributed by atoms with van der Waals surface area (Å²) < 4.78 is 5.55. The Hall–Kier alpha value is -1.34. The van der Waals surface area contributed by atoms with Crippen LogP contribution >= 0.6 is 11.3 Å². The summed E-state index contributed by atoms with van der Waals surface area (Å²) in [6.07, 6.45) is 2.94. The third-order valence-corrected chi connectivity index (χ3v) is 4.47. The van der Waals surface area contributed by atoms with Gasteiger partial charge >= 0.3 is 0 Å². The topological polar surface area (TPSA) is 67.0 Å². The molecule has 7 heteroatoms. The van der Waals surface area contributed by atoms with Crippen molar-refractivity contribution in [1.82, 2.24) is 9.88 Å². The fourth-order valence-electron chi connectivity index (χ4n) is 2.24. The second-order valence-corrected chi connectivity index (χ2v) is 6.70. The molecule has 0 saturated carbocycles. The Labute approximate surface area is 137 Å². The molecule has 2 rings (SSSR count). The number of hydrogen-bond acceptors (Lipinski definition) is 5. The molecule has 6 nitrogen and oxygen atoms in total. The van der Waals surface area contributed by atoms with Gasteiger partial charge in [0.15, 0.2) is 11.1 Å². The van der Waals surface area contributed by atoms with E-state index in [2.05, 4.69) is 33.6 Å². The third kappa shape index (κ3) is 5.46. The number of ether oxygens (including phenoxy) is 1. The van der Waals surface area contributed by atoms with E-state index < -0.39 is 0 Å². The molecule has 0 aliphatic carbocycles. The van der Waals surface area contributed by atoms with Crippen molar-refractivity contribution in [3.05, 3.63) is 11.6 Å². The number of nitrogens with two attached hydrogens (primary N) is 1. The molecular weight excluding hydrogens is 298 g/mol. The molecule has 0 aromatic carbocycles. The number of anilines is 1. The zero-order valence-electron chi connectivity index (χ0n) is 13.6. The first kappa shape index (κ1) is 17.0. The van der Waals surface area contributed by atoms with Crippen molar-refractivity contribution < 1.29 is 4.74 Å². The maximum Gasteiger partial charge on any atom is 0.191 e. The van der Waals surface area contributed by atoms with Gasteiger partial charge in [-0.1, -0.05) is 13.8 Å². The van der Waals surface area contributed by atoms with Crippen LogP contribution in [0.4, 0.5) is 5.13 Å². The number of aromatic nitrogens is 1. The SMILES string of the molecule is CC(C)CCOCCN=C(N)N1CCN(c2nccs2)CC1. The van der Waals surface area contributed by atoms with Gasteiger partial charge in [0.1, 0.15) is 0 Å². The third-order valence-electron chi connectivity index (χ3n) is 3.64. The molecule has 0 bridgehead atoms. The monoisotopic (exact) mass is 325 g/mol. The highest BCUT2D eigenvalue weighted by Crippen LogP contribution is 2.18. The van der Waals surface area contributed by atoms with Gasteiger partial charge in [0, 0.05) is 44.4 Å². The van der Waals surface area contributed by atoms with Crippen LogP contribution in [0.2, 0.25) is 0 Å². The molecule has 1 aromatic heterocycles. The molecule has 22 heavy (non-hydrogen) atoms. The summed E-state index contributed by atoms with van der Waals surface area (Å²) in [5, 5.41) is 3.10. The van der Waals surface area contributed by atoms with Crippen molar-refractivity contribution in [3.63, 3.8) is 0 Å². The summed E-state index contributed by atoms with van der Waals surface area (Å²) in [4.78, 5) is 13.2. The van der Waals surface area contributed by atoms with Gasteiger partial charge < -0.3 is 20.3 Å². The molecule has 2 heterocycles. The standard InChI is InChI=1S/C15H27N5OS/c1-13(2)3-10-21-11-4-17-14(16)19-6-8-20(9-7-19)15-18-5-12-22-15/h5,12-13H,3-4,6-11H2,1-2H3,(H2,16,17). The van der Waals surface area contributed by atoms with E-state index in [0.29, 0.717) is 25.0 Å². The number of piperazine rings is 1. The van der Waals surface area contributed by atoms with E-state index >= 15 is 0 Å². The Morgan fingerprint density at radius 1 is 1.36 bits per heavy atom. The second-order valence-electron chi connectivity index (χ2n) is 5.82. The Morgan fingerprint density at radius 2 is 2.14 bits per heavy atom. The summed E-state index contributed by atoms with van der Waals surface area (Å²) in [5.41, 5.74) is 6.06. The summed E-state index contributed by atoms with van der Waals surface area (Å²) in [5.74, 6) is 1.31. The van der Waals surface area contributed by atoms with Gasteiger partial charge in [-0.15, -0.1) is 11.3 Å². The minimum atomic E-state index is 0.631. The van der Waals surface area contributed by atoms with Crippen molar-refractivity contribution in [2.24, 2.45) is 16.6 Å². The molecule has 0 spiro atoms. The van der Waals surface area contributed by atoms with E-state index in [4.69, 9.17) is 10.5 Å². The average Bonchev–Trinajstić information content (AvgIpc) is 3.05. The largest absolute Gasteiger partial charge is 0.380 e. The fourth-order valence-corrected chi connectivity index (χ4v) is 2.94. The lowest BCUT2D eigenvalue weighted by Crippen LogP contribution is -2.51. The van der Waals surface area contributed by atoms with E-state index in [0.717, 1.165) is 44.3 Å². The van der Waals surface area contributed by atoms with Crippen LogP contribution in [0.1, 0.15) is 20.3 Å². The first-order chi connectivity index (χ1) is 10.7. The van der Waals surface area contributed by atoms with Crippen LogP contribution in [0.3, 0.4) is 0 Å². The van der Waals surface area contributed by atoms with Crippen LogP contribution in [0.25, 0.3) is 0 Å². The molecule has 124 valence electrons. The molecule has 1 aliphatic heterocycles. The van der Waals surface area contributed by atoms with Gasteiger partial charge in [0.05, 0.1) is 13.2 Å². The summed E-state index contributed by atoms with van der Waals surface area (Å²) in [7, 11) is 0. The average molecular weight is 325 g/mol. The van der Waals surface area contributed by atoms with Crippen molar-refractivity contribution in [2.75, 3.05) is 50.8 Å². The lowest BCUT2D eigenvalue weighted by Gasteiger charge is -2.35. The number of nitrogens with zero attached hydrogens (tertiary/aromatic N) is 4. The normalized spacial score (nSPS) is 16.6. The minimum Gasteiger partial charge on any atom is -0.380 e. The van der Waals surface area contributed by atoms with E-state index in [-0.39, 0.29) is 0 Å². The Bertz CT molecular complexity index is 441. The van der Waals surface area contributed by atoms with Crippen molar-refractivity contribution in [1.29, 1.82) is 0 Å². The lowest BCUT2D eigenvalue weighted by molar-refractivity contribution is 0.130. The molecule has 2 N–H and O–H groups in total. The lowest BCUT2D eigenvalue weighted by atomic mass is 10.1. The van der Waals surface area contributed by atoms with Crippen LogP contribution in [-0.2, 0) is 4.74 Å². The summed E-state index contributed by atoms with van der Waals surface area (Å²) in [6, 6.07) is 0. The Morgan fingerprint density at radius 3 is 2.77 bits per heavy atom. The second kappa shape index (κ2) is 8.95. The van der Waals surface area contributed by atoms with Gasteiger partial charge in [-0.05, 0) is 12.3 Å². The molecule has 0 amide bonds. The van der Waals surface area contributed by atoms with Crippen LogP contribution < -0.4 is 10.6 Å². The molecule has 0 radical (unpaired) electrons. The molecule has 1 aromatic rings. The van der Waals surface area contributed by atoms with Gasteiger partial charge in [0.2, 0.25) is 0 Å². The van der Waals surface area contributed by atoms with Gasteiger partial charge in [-0.2, -0.15) is 0 Å². The minimum absolute atomic E-state index is 0.631. The van der Waals surface area contributed by atoms with Crippen molar-refractivity contribution >= 4 is 22.4 Å². The van der Waals surface area contributed by atoms with Crippen LogP contribution in [0.5, 0.6) is 0 Å². The van der Waals surface area contributed by atoms with E-state index in [9.17, 15) is 0 Å². The van der Waals surface area contributed by atoms with Crippen molar-refractivity contribution in [2.45, 2.75) is 20.3 Å². The molecule has 0 unspecified atom stereocenters. The number of thiazole rings is 1. The number of guanidine groups is 1. The summed E-state index contributed by atoms with van der Waals surface area (Å²) >= 11 is 1.68. The quantitative estimate of drug-likeness (QED) is 0.469. The maximum atomic E-state index is 6.06. The maximum absolute atomic E-state index is 6.06. The molecular formula is C15H27N5OS. The zero-order chi connectivity index (χ0) is 15.8. The van der Waals surface area contributed by atoms with Gasteiger partial charge in [0.25, 0.3) is 0 Å². The van der Waals surface area contributed by atoms with E-state index in [1.165, 1.54) is 0 Å². The number of rotatable bonds is 7. The van der Waals surface area contributed by atoms with Gasteiger partial charge in [-0.25, -0.2) is 4.98 Å². The Balaban J connectivity index is 1.64. The first-order valence-corrected chi connectivity index (χ1v) is 8.82. The smallest absolute Gasteiger partial charge is 0.191 e. The van der Waals surface area contributed by atoms with E-state index in [1.54, 1.807) is 11.3 Å². The zero-order valence-corrected chi connectivity index (χ0v) is 14.4. The molecule has 1 aliphatic rings. The highest BCUT2D eigenvalue weighted by atomic mass is 32.1. The van der Waals surface area contributed by atoms with Crippen LogP contribution in [0.15, 0.2) is 16.6 Å². The fraction of sp³-hybridized carbons (Fsp3) is 0.733. The summed E-state index contributed by atoms with van der Waals surface area (Å²) in [6.45, 7) is 10.1. The van der Waals surface area contributed by atoms with E-state index in [1.807, 2.05) is 11.6 Å². The molecule has 1 fully saturated rings. The van der Waals surface area contributed by atoms with Crippen LogP contribution in [-0.4, -0.2) is 61.8 Å². The van der Waals surface area contributed by atoms with Crippen molar-refractivity contribution in [3.8, 4) is 0 Å². The van der Waals surface area contributed by atoms with Crippen LogP contribution in [0, 0.1) is 5.92 Å². The predicted molar refractivity (Wildman–Crippen MR) is 92.7 cm³/mol. The van der Waals surface area contributed by atoms with Gasteiger partial charge in [-0.3, -0.25) is 4.99 Å². The predicted octanol–water partition coefficient (Wildman–Crippen LogP) is 1.64. The number of hydrogen-bond donors (Lipinski definition) is 1. The molecule has 1 saturated heterocycles. The highest BCUT2D eigenvalue weighted by molar-refractivity contribution is 7.13. The molecule has 0 atom stereocenters. The highest BCUT2D eigenvalue weighted by Gasteiger charge is 2.19. The first-order valence-electron chi connectivity index (χ1n) is 7.94. The number of aliphatic imine (C=N–C) groups is 1. The Kier molecular flexibility index (Phi) is 6.92.